The smallest absolute Gasteiger partial charge is 0.321 e. The Morgan fingerprint density at radius 3 is 2.65 bits per heavy atom. The molecular formula is C14H19Cl2N3O. The lowest BCUT2D eigenvalue weighted by Crippen LogP contribution is -2.40. The van der Waals surface area contributed by atoms with Gasteiger partial charge in [0.15, 0.2) is 0 Å². The number of anilines is 1. The van der Waals surface area contributed by atoms with Crippen LogP contribution in [0.4, 0.5) is 10.5 Å². The topological polar surface area (TPSA) is 44.4 Å². The van der Waals surface area contributed by atoms with Crippen molar-refractivity contribution in [2.24, 2.45) is 0 Å². The predicted molar refractivity (Wildman–Crippen MR) is 83.8 cm³/mol. The SMILES string of the molecule is CN(C(=O)Nc1cc(Cl)cc(Cl)c1)C1CCCNCC1. The van der Waals surface area contributed by atoms with Gasteiger partial charge in [0.2, 0.25) is 0 Å². The van der Waals surface area contributed by atoms with Gasteiger partial charge in [-0.1, -0.05) is 23.2 Å². The molecule has 0 aliphatic carbocycles. The summed E-state index contributed by atoms with van der Waals surface area (Å²) in [7, 11) is 1.83. The molecule has 0 spiro atoms. The van der Waals surface area contributed by atoms with Crippen LogP contribution in [0.15, 0.2) is 18.2 Å². The molecule has 1 atom stereocenters. The van der Waals surface area contributed by atoms with Crippen molar-refractivity contribution >= 4 is 34.9 Å². The van der Waals surface area contributed by atoms with Crippen LogP contribution in [0.1, 0.15) is 19.3 Å². The monoisotopic (exact) mass is 315 g/mol. The third-order valence-electron chi connectivity index (χ3n) is 3.53. The fourth-order valence-corrected chi connectivity index (χ4v) is 2.92. The Morgan fingerprint density at radius 1 is 1.25 bits per heavy atom. The molecule has 1 fully saturated rings. The molecule has 1 aromatic rings. The third kappa shape index (κ3) is 4.27. The number of carbonyl (C=O) groups excluding carboxylic acids is 1. The molecule has 1 aliphatic rings. The predicted octanol–water partition coefficient (Wildman–Crippen LogP) is 3.60. The molecule has 1 unspecified atom stereocenters. The Balaban J connectivity index is 1.99. The van der Waals surface area contributed by atoms with E-state index in [4.69, 9.17) is 23.2 Å². The summed E-state index contributed by atoms with van der Waals surface area (Å²) in [5.74, 6) is 0. The van der Waals surface area contributed by atoms with Gasteiger partial charge in [-0.3, -0.25) is 0 Å². The van der Waals surface area contributed by atoms with E-state index in [9.17, 15) is 4.79 Å². The lowest BCUT2D eigenvalue weighted by atomic mass is 10.1. The van der Waals surface area contributed by atoms with Crippen molar-refractivity contribution in [1.29, 1.82) is 0 Å². The Morgan fingerprint density at radius 2 is 1.95 bits per heavy atom. The standard InChI is InChI=1S/C14H19Cl2N3O/c1-19(13-3-2-5-17-6-4-13)14(20)18-12-8-10(15)7-11(16)9-12/h7-9,13,17H,2-6H2,1H3,(H,18,20). The van der Waals surface area contributed by atoms with Crippen molar-refractivity contribution in [2.75, 3.05) is 25.5 Å². The molecule has 1 aromatic carbocycles. The number of nitrogens with zero attached hydrogens (tertiary/aromatic N) is 1. The van der Waals surface area contributed by atoms with Gasteiger partial charge in [-0.25, -0.2) is 4.79 Å². The van der Waals surface area contributed by atoms with E-state index in [1.165, 1.54) is 0 Å². The molecule has 0 bridgehead atoms. The Hall–Kier alpha value is -0.970. The van der Waals surface area contributed by atoms with E-state index < -0.39 is 0 Å². The molecule has 0 radical (unpaired) electrons. The number of carbonyl (C=O) groups is 1. The maximum Gasteiger partial charge on any atom is 0.321 e. The number of halogens is 2. The summed E-state index contributed by atoms with van der Waals surface area (Å²) in [6, 6.07) is 5.15. The van der Waals surface area contributed by atoms with Crippen molar-refractivity contribution < 1.29 is 4.79 Å². The zero-order valence-corrected chi connectivity index (χ0v) is 13.0. The first-order valence-electron chi connectivity index (χ1n) is 6.77. The van der Waals surface area contributed by atoms with Gasteiger partial charge in [0, 0.05) is 28.8 Å². The van der Waals surface area contributed by atoms with Gasteiger partial charge >= 0.3 is 6.03 Å². The Bertz CT molecular complexity index is 453. The van der Waals surface area contributed by atoms with E-state index in [1.807, 2.05) is 7.05 Å². The fraction of sp³-hybridized carbons (Fsp3) is 0.500. The molecule has 0 saturated carbocycles. The Kier molecular flexibility index (Phi) is 5.52. The van der Waals surface area contributed by atoms with Crippen LogP contribution in [-0.4, -0.2) is 37.1 Å². The first-order valence-corrected chi connectivity index (χ1v) is 7.52. The first-order chi connectivity index (χ1) is 9.56. The maximum atomic E-state index is 12.3. The highest BCUT2D eigenvalue weighted by atomic mass is 35.5. The number of amides is 2. The molecule has 1 aliphatic heterocycles. The second kappa shape index (κ2) is 7.16. The average molecular weight is 316 g/mol. The highest BCUT2D eigenvalue weighted by Crippen LogP contribution is 2.23. The minimum Gasteiger partial charge on any atom is -0.325 e. The summed E-state index contributed by atoms with van der Waals surface area (Å²) in [4.78, 5) is 14.0. The van der Waals surface area contributed by atoms with Crippen molar-refractivity contribution in [1.82, 2.24) is 10.2 Å². The number of hydrogen-bond acceptors (Lipinski definition) is 2. The summed E-state index contributed by atoms with van der Waals surface area (Å²) in [6.45, 7) is 1.97. The number of hydrogen-bond donors (Lipinski definition) is 2. The Labute approximate surface area is 129 Å². The number of benzene rings is 1. The fourth-order valence-electron chi connectivity index (χ4n) is 2.39. The molecule has 110 valence electrons. The van der Waals surface area contributed by atoms with Gasteiger partial charge in [0.25, 0.3) is 0 Å². The van der Waals surface area contributed by atoms with Gasteiger partial charge in [-0.05, 0) is 50.6 Å². The molecule has 4 nitrogen and oxygen atoms in total. The molecular weight excluding hydrogens is 297 g/mol. The minimum atomic E-state index is -0.129. The molecule has 20 heavy (non-hydrogen) atoms. The van der Waals surface area contributed by atoms with Gasteiger partial charge in [0.05, 0.1) is 0 Å². The van der Waals surface area contributed by atoms with Crippen LogP contribution in [0.25, 0.3) is 0 Å². The van der Waals surface area contributed by atoms with Crippen molar-refractivity contribution in [3.63, 3.8) is 0 Å². The van der Waals surface area contributed by atoms with Crippen LogP contribution in [-0.2, 0) is 0 Å². The normalized spacial score (nSPS) is 19.2. The zero-order valence-electron chi connectivity index (χ0n) is 11.5. The van der Waals surface area contributed by atoms with Crippen LogP contribution >= 0.6 is 23.2 Å². The maximum absolute atomic E-state index is 12.3. The van der Waals surface area contributed by atoms with E-state index in [2.05, 4.69) is 10.6 Å². The second-order valence-corrected chi connectivity index (χ2v) is 5.91. The van der Waals surface area contributed by atoms with E-state index in [1.54, 1.807) is 23.1 Å². The van der Waals surface area contributed by atoms with E-state index in [0.717, 1.165) is 32.4 Å². The molecule has 1 heterocycles. The quantitative estimate of drug-likeness (QED) is 0.875. The third-order valence-corrected chi connectivity index (χ3v) is 3.96. The number of rotatable bonds is 2. The number of nitrogens with one attached hydrogen (secondary N) is 2. The van der Waals surface area contributed by atoms with Crippen LogP contribution in [0.5, 0.6) is 0 Å². The first kappa shape index (κ1) is 15.4. The van der Waals surface area contributed by atoms with Crippen molar-refractivity contribution in [2.45, 2.75) is 25.3 Å². The van der Waals surface area contributed by atoms with E-state index in [-0.39, 0.29) is 12.1 Å². The average Bonchev–Trinajstić information content (AvgIpc) is 2.65. The minimum absolute atomic E-state index is 0.129. The largest absolute Gasteiger partial charge is 0.325 e. The van der Waals surface area contributed by atoms with Gasteiger partial charge < -0.3 is 15.5 Å². The van der Waals surface area contributed by atoms with Crippen molar-refractivity contribution in [3.05, 3.63) is 28.2 Å². The van der Waals surface area contributed by atoms with Gasteiger partial charge in [-0.15, -0.1) is 0 Å². The lowest BCUT2D eigenvalue weighted by molar-refractivity contribution is 0.198. The zero-order chi connectivity index (χ0) is 14.5. The molecule has 2 N–H and O–H groups in total. The van der Waals surface area contributed by atoms with Crippen LogP contribution < -0.4 is 10.6 Å². The van der Waals surface area contributed by atoms with Gasteiger partial charge in [0.1, 0.15) is 0 Å². The summed E-state index contributed by atoms with van der Waals surface area (Å²) < 4.78 is 0. The summed E-state index contributed by atoms with van der Waals surface area (Å²) in [6.07, 6.45) is 3.08. The lowest BCUT2D eigenvalue weighted by Gasteiger charge is -2.27. The number of urea groups is 1. The summed E-state index contributed by atoms with van der Waals surface area (Å²) in [5, 5.41) is 7.20. The van der Waals surface area contributed by atoms with E-state index >= 15 is 0 Å². The summed E-state index contributed by atoms with van der Waals surface area (Å²) in [5.41, 5.74) is 0.617. The highest BCUT2D eigenvalue weighted by molar-refractivity contribution is 6.35. The van der Waals surface area contributed by atoms with Crippen LogP contribution in [0, 0.1) is 0 Å². The second-order valence-electron chi connectivity index (χ2n) is 5.03. The van der Waals surface area contributed by atoms with Crippen LogP contribution in [0.3, 0.4) is 0 Å². The van der Waals surface area contributed by atoms with Crippen molar-refractivity contribution in [3.8, 4) is 0 Å². The van der Waals surface area contributed by atoms with E-state index in [0.29, 0.717) is 15.7 Å². The highest BCUT2D eigenvalue weighted by Gasteiger charge is 2.21. The molecule has 6 heteroatoms. The van der Waals surface area contributed by atoms with Crippen LogP contribution in [0.2, 0.25) is 10.0 Å². The summed E-state index contributed by atoms with van der Waals surface area (Å²) >= 11 is 11.9. The molecule has 0 aromatic heterocycles. The van der Waals surface area contributed by atoms with Gasteiger partial charge in [-0.2, -0.15) is 0 Å². The molecule has 2 amide bonds. The molecule has 1 saturated heterocycles. The molecule has 2 rings (SSSR count).